The molecule has 0 aromatic heterocycles. The Bertz CT molecular complexity index is 1510. The molecule has 3 aliphatic carbocycles. The predicted octanol–water partition coefficient (Wildman–Crippen LogP) is 11.5. The lowest BCUT2D eigenvalue weighted by atomic mass is 9.83. The average Bonchev–Trinajstić information content (AvgIpc) is 3.18. The van der Waals surface area contributed by atoms with Crippen molar-refractivity contribution < 1.29 is 14.4 Å². The van der Waals surface area contributed by atoms with Gasteiger partial charge in [-0.1, -0.05) is 131 Å². The first kappa shape index (κ1) is 32.4. The number of benzene rings is 4. The van der Waals surface area contributed by atoms with Crippen molar-refractivity contribution in [1.82, 2.24) is 0 Å². The Labute approximate surface area is 286 Å². The zero-order valence-electron chi connectivity index (χ0n) is 28.2. The lowest BCUT2D eigenvalue weighted by molar-refractivity contribution is 0.103. The van der Waals surface area contributed by atoms with Crippen LogP contribution in [0.15, 0.2) is 91.0 Å². The van der Waals surface area contributed by atoms with Crippen LogP contribution < -0.4 is 0 Å². The second-order valence-corrected chi connectivity index (χ2v) is 14.7. The Hall–Kier alpha value is -4.11. The molecule has 3 fully saturated rings. The van der Waals surface area contributed by atoms with Crippen LogP contribution in [0.3, 0.4) is 0 Å². The standard InChI is InChI=1S/C45H48O3/c46-43(37-22-16-34(17-23-37)31-10-4-1-5-11-31)40-28-41(44(47)38-24-18-35(19-25-38)32-12-6-2-7-13-32)30-42(29-40)45(48)39-26-20-36(21-27-39)33-14-8-3-9-15-33/h16-33H,1-15H2. The SMILES string of the molecule is O=C(c1ccc(C2CCCCC2)cc1)c1cc(C(=O)c2ccc(C3CCCCC3)cc2)cc(C(=O)c2ccc(C3CCCCC3)cc2)c1. The van der Waals surface area contributed by atoms with Crippen LogP contribution in [-0.4, -0.2) is 17.3 Å². The van der Waals surface area contributed by atoms with Crippen LogP contribution in [0.2, 0.25) is 0 Å². The van der Waals surface area contributed by atoms with Crippen LogP contribution in [0, 0.1) is 0 Å². The third-order valence-electron chi connectivity index (χ3n) is 11.5. The lowest BCUT2D eigenvalue weighted by Crippen LogP contribution is -2.11. The smallest absolute Gasteiger partial charge is 0.193 e. The summed E-state index contributed by atoms with van der Waals surface area (Å²) in [5.74, 6) is 1.16. The summed E-state index contributed by atoms with van der Waals surface area (Å²) in [6.07, 6.45) is 18.7. The van der Waals surface area contributed by atoms with E-state index in [1.165, 1.54) is 113 Å². The van der Waals surface area contributed by atoms with E-state index in [0.29, 0.717) is 51.1 Å². The molecular formula is C45H48O3. The second kappa shape index (κ2) is 15.0. The molecule has 246 valence electrons. The zero-order chi connectivity index (χ0) is 32.9. The van der Waals surface area contributed by atoms with Crippen LogP contribution in [0.25, 0.3) is 0 Å². The van der Waals surface area contributed by atoms with Crippen molar-refractivity contribution in [3.05, 3.63) is 141 Å². The molecule has 0 unspecified atom stereocenters. The fraction of sp³-hybridized carbons (Fsp3) is 0.400. The molecule has 7 rings (SSSR count). The van der Waals surface area contributed by atoms with Gasteiger partial charge in [-0.2, -0.15) is 0 Å². The van der Waals surface area contributed by atoms with Crippen LogP contribution in [0.4, 0.5) is 0 Å². The first-order valence-corrected chi connectivity index (χ1v) is 18.6. The van der Waals surface area contributed by atoms with E-state index in [1.807, 2.05) is 36.4 Å². The van der Waals surface area contributed by atoms with Gasteiger partial charge in [0, 0.05) is 33.4 Å². The Morgan fingerprint density at radius 1 is 0.312 bits per heavy atom. The van der Waals surface area contributed by atoms with Gasteiger partial charge in [0.15, 0.2) is 17.3 Å². The maximum Gasteiger partial charge on any atom is 0.193 e. The summed E-state index contributed by atoms with van der Waals surface area (Å²) in [4.78, 5) is 41.9. The average molecular weight is 637 g/mol. The largest absolute Gasteiger partial charge is 0.289 e. The van der Waals surface area contributed by atoms with E-state index in [0.717, 1.165) is 0 Å². The van der Waals surface area contributed by atoms with Crippen molar-refractivity contribution in [1.29, 1.82) is 0 Å². The summed E-state index contributed by atoms with van der Waals surface area (Å²) < 4.78 is 0. The topological polar surface area (TPSA) is 51.2 Å². The third-order valence-corrected chi connectivity index (χ3v) is 11.5. The highest BCUT2D eigenvalue weighted by Crippen LogP contribution is 2.35. The molecule has 4 aromatic carbocycles. The fourth-order valence-electron chi connectivity index (χ4n) is 8.55. The summed E-state index contributed by atoms with van der Waals surface area (Å²) in [5, 5.41) is 0. The minimum Gasteiger partial charge on any atom is -0.289 e. The third kappa shape index (κ3) is 7.31. The fourth-order valence-corrected chi connectivity index (χ4v) is 8.55. The lowest BCUT2D eigenvalue weighted by Gasteiger charge is -2.22. The molecule has 0 amide bonds. The molecule has 3 nitrogen and oxygen atoms in total. The van der Waals surface area contributed by atoms with E-state index < -0.39 is 0 Å². The number of ketones is 3. The van der Waals surface area contributed by atoms with Crippen molar-refractivity contribution in [2.75, 3.05) is 0 Å². The minimum absolute atomic E-state index is 0.172. The summed E-state index contributed by atoms with van der Waals surface area (Å²) in [6, 6.07) is 29.0. The zero-order valence-corrected chi connectivity index (χ0v) is 28.2. The Balaban J connectivity index is 1.19. The van der Waals surface area contributed by atoms with Gasteiger partial charge in [-0.3, -0.25) is 14.4 Å². The van der Waals surface area contributed by atoms with Gasteiger partial charge in [0.05, 0.1) is 0 Å². The van der Waals surface area contributed by atoms with Crippen LogP contribution >= 0.6 is 0 Å². The summed E-state index contributed by atoms with van der Waals surface area (Å²) >= 11 is 0. The van der Waals surface area contributed by atoms with Crippen LogP contribution in [-0.2, 0) is 0 Å². The van der Waals surface area contributed by atoms with Gasteiger partial charge in [-0.15, -0.1) is 0 Å². The molecule has 4 aromatic rings. The molecule has 3 aliphatic rings. The van der Waals surface area contributed by atoms with Gasteiger partial charge < -0.3 is 0 Å². The molecule has 0 spiro atoms. The van der Waals surface area contributed by atoms with Crippen LogP contribution in [0.5, 0.6) is 0 Å². The molecule has 0 radical (unpaired) electrons. The Kier molecular flexibility index (Phi) is 10.1. The van der Waals surface area contributed by atoms with Gasteiger partial charge in [0.2, 0.25) is 0 Å². The minimum atomic E-state index is -0.172. The van der Waals surface area contributed by atoms with Gasteiger partial charge in [0.1, 0.15) is 0 Å². The highest BCUT2D eigenvalue weighted by molar-refractivity contribution is 6.17. The molecule has 0 aliphatic heterocycles. The van der Waals surface area contributed by atoms with Gasteiger partial charge in [-0.25, -0.2) is 0 Å². The number of carbonyl (C=O) groups excluding carboxylic acids is 3. The van der Waals surface area contributed by atoms with Crippen molar-refractivity contribution >= 4 is 17.3 Å². The van der Waals surface area contributed by atoms with E-state index in [2.05, 4.69) is 36.4 Å². The predicted molar refractivity (Wildman–Crippen MR) is 194 cm³/mol. The van der Waals surface area contributed by atoms with Gasteiger partial charge >= 0.3 is 0 Å². The molecule has 0 saturated heterocycles. The van der Waals surface area contributed by atoms with E-state index in [-0.39, 0.29) is 17.3 Å². The molecule has 0 bridgehead atoms. The van der Waals surface area contributed by atoms with Crippen molar-refractivity contribution in [2.24, 2.45) is 0 Å². The highest BCUT2D eigenvalue weighted by atomic mass is 16.1. The van der Waals surface area contributed by atoms with E-state index >= 15 is 0 Å². The quantitative estimate of drug-likeness (QED) is 0.172. The monoisotopic (exact) mass is 636 g/mol. The Morgan fingerprint density at radius 2 is 0.542 bits per heavy atom. The summed E-state index contributed by atoms with van der Waals surface area (Å²) in [6.45, 7) is 0. The molecule has 0 heterocycles. The van der Waals surface area contributed by atoms with E-state index in [4.69, 9.17) is 0 Å². The van der Waals surface area contributed by atoms with Crippen molar-refractivity contribution in [3.63, 3.8) is 0 Å². The molecule has 0 N–H and O–H groups in total. The first-order valence-electron chi connectivity index (χ1n) is 18.6. The van der Waals surface area contributed by atoms with Gasteiger partial charge in [0.25, 0.3) is 0 Å². The number of rotatable bonds is 9. The van der Waals surface area contributed by atoms with Crippen molar-refractivity contribution in [3.8, 4) is 0 Å². The molecule has 3 heteroatoms. The highest BCUT2D eigenvalue weighted by Gasteiger charge is 2.22. The maximum atomic E-state index is 14.0. The summed E-state index contributed by atoms with van der Waals surface area (Å²) in [5.41, 5.74) is 6.70. The van der Waals surface area contributed by atoms with Crippen molar-refractivity contribution in [2.45, 2.75) is 114 Å². The van der Waals surface area contributed by atoms with E-state index in [1.54, 1.807) is 18.2 Å². The molecule has 48 heavy (non-hydrogen) atoms. The normalized spacial score (nSPS) is 18.0. The second-order valence-electron chi connectivity index (χ2n) is 14.7. The summed E-state index contributed by atoms with van der Waals surface area (Å²) in [7, 11) is 0. The Morgan fingerprint density at radius 3 is 0.771 bits per heavy atom. The maximum absolute atomic E-state index is 14.0. The van der Waals surface area contributed by atoms with E-state index in [9.17, 15) is 14.4 Å². The number of hydrogen-bond acceptors (Lipinski definition) is 3. The van der Waals surface area contributed by atoms with Gasteiger partial charge in [-0.05, 0) is 91.2 Å². The number of carbonyl (C=O) groups is 3. The van der Waals surface area contributed by atoms with Crippen LogP contribution in [0.1, 0.15) is 179 Å². The molecular weight excluding hydrogens is 588 g/mol. The molecule has 0 atom stereocenters. The number of hydrogen-bond donors (Lipinski definition) is 0. The molecule has 3 saturated carbocycles. The first-order chi connectivity index (χ1) is 23.5.